The first kappa shape index (κ1) is 17.4. The molecule has 5 rings (SSSR count). The monoisotopic (exact) mass is 384 g/mol. The Morgan fingerprint density at radius 1 is 0.897 bits per heavy atom. The summed E-state index contributed by atoms with van der Waals surface area (Å²) in [6.45, 7) is 0. The van der Waals surface area contributed by atoms with Gasteiger partial charge in [0.2, 0.25) is 0 Å². The predicted molar refractivity (Wildman–Crippen MR) is 111 cm³/mol. The minimum atomic E-state index is -0.347. The van der Waals surface area contributed by atoms with E-state index in [2.05, 4.69) is 10.1 Å². The number of fused-ring (bicyclic) bond motifs is 1. The van der Waals surface area contributed by atoms with Crippen LogP contribution in [-0.4, -0.2) is 10.7 Å². The van der Waals surface area contributed by atoms with Gasteiger partial charge in [0, 0.05) is 22.9 Å². The maximum Gasteiger partial charge on any atom is 0.258 e. The Labute approximate surface area is 166 Å². The van der Waals surface area contributed by atoms with Crippen LogP contribution >= 0.6 is 0 Å². The lowest BCUT2D eigenvalue weighted by atomic mass is 9.91. The zero-order valence-corrected chi connectivity index (χ0v) is 15.4. The lowest BCUT2D eigenvalue weighted by Crippen LogP contribution is -2.19. The molecule has 1 atom stereocenters. The summed E-state index contributed by atoms with van der Waals surface area (Å²) in [7, 11) is 0. The Hall–Kier alpha value is -3.73. The number of oxime groups is 1. The van der Waals surface area contributed by atoms with Crippen LogP contribution in [0.3, 0.4) is 0 Å². The lowest BCUT2D eigenvalue weighted by molar-refractivity contribution is 0.0857. The van der Waals surface area contributed by atoms with Crippen molar-refractivity contribution in [3.8, 4) is 11.1 Å². The molecule has 0 spiro atoms. The Morgan fingerprint density at radius 2 is 1.62 bits per heavy atom. The molecule has 0 saturated heterocycles. The molecule has 4 aromatic rings. The van der Waals surface area contributed by atoms with E-state index in [4.69, 9.17) is 4.84 Å². The Bertz CT molecular complexity index is 1280. The smallest absolute Gasteiger partial charge is 0.258 e. The van der Waals surface area contributed by atoms with E-state index in [-0.39, 0.29) is 17.5 Å². The minimum absolute atomic E-state index is 0.204. The first-order chi connectivity index (χ1) is 14.2. The highest BCUT2D eigenvalue weighted by atomic mass is 19.1. The second kappa shape index (κ2) is 7.02. The molecule has 2 heterocycles. The normalized spacial score (nSPS) is 15.9. The van der Waals surface area contributed by atoms with Crippen LogP contribution in [0.25, 0.3) is 22.0 Å². The molecule has 1 N–H and O–H groups in total. The average molecular weight is 384 g/mol. The molecule has 29 heavy (non-hydrogen) atoms. The summed E-state index contributed by atoms with van der Waals surface area (Å²) in [5.74, 6) is -0.301. The van der Waals surface area contributed by atoms with Crippen molar-refractivity contribution < 1.29 is 9.23 Å². The number of H-pyrrole nitrogens is 1. The molecular formula is C24H17FN2O2. The number of rotatable bonds is 3. The van der Waals surface area contributed by atoms with Gasteiger partial charge in [-0.25, -0.2) is 4.39 Å². The van der Waals surface area contributed by atoms with Crippen molar-refractivity contribution in [2.75, 3.05) is 0 Å². The molecule has 4 nitrogen and oxygen atoms in total. The maximum absolute atomic E-state index is 13.2. The third-order valence-corrected chi connectivity index (χ3v) is 5.18. The van der Waals surface area contributed by atoms with Crippen molar-refractivity contribution in [1.29, 1.82) is 0 Å². The van der Waals surface area contributed by atoms with Gasteiger partial charge < -0.3 is 9.82 Å². The molecule has 0 radical (unpaired) electrons. The van der Waals surface area contributed by atoms with E-state index in [1.54, 1.807) is 12.1 Å². The van der Waals surface area contributed by atoms with Gasteiger partial charge in [-0.3, -0.25) is 4.79 Å². The number of nitrogens with one attached hydrogen (secondary N) is 1. The van der Waals surface area contributed by atoms with E-state index in [0.29, 0.717) is 17.7 Å². The quantitative estimate of drug-likeness (QED) is 0.528. The van der Waals surface area contributed by atoms with E-state index in [0.717, 1.165) is 27.6 Å². The molecule has 0 saturated carbocycles. The fourth-order valence-corrected chi connectivity index (χ4v) is 3.80. The van der Waals surface area contributed by atoms with Crippen LogP contribution in [0, 0.1) is 5.82 Å². The molecule has 3 aromatic carbocycles. The molecular weight excluding hydrogens is 367 g/mol. The SMILES string of the molecule is O=c1[nH]c2ccccc2c(-c2ccccc2)c1C1=NOC(c2ccc(F)cc2)C1. The topological polar surface area (TPSA) is 54.5 Å². The van der Waals surface area contributed by atoms with Crippen molar-refractivity contribution >= 4 is 16.6 Å². The van der Waals surface area contributed by atoms with Crippen LogP contribution in [0.2, 0.25) is 0 Å². The maximum atomic E-state index is 13.2. The van der Waals surface area contributed by atoms with Gasteiger partial charge in [-0.2, -0.15) is 0 Å². The summed E-state index contributed by atoms with van der Waals surface area (Å²) in [4.78, 5) is 21.6. The molecule has 1 unspecified atom stereocenters. The highest BCUT2D eigenvalue weighted by molar-refractivity contribution is 6.12. The number of hydrogen-bond acceptors (Lipinski definition) is 3. The third kappa shape index (κ3) is 3.10. The summed E-state index contributed by atoms with van der Waals surface area (Å²) in [5, 5.41) is 5.19. The summed E-state index contributed by atoms with van der Waals surface area (Å²) >= 11 is 0. The number of benzene rings is 3. The molecule has 0 bridgehead atoms. The summed E-state index contributed by atoms with van der Waals surface area (Å²) < 4.78 is 13.2. The highest BCUT2D eigenvalue weighted by Gasteiger charge is 2.28. The van der Waals surface area contributed by atoms with Gasteiger partial charge in [0.25, 0.3) is 5.56 Å². The number of halogens is 1. The zero-order valence-electron chi connectivity index (χ0n) is 15.4. The van der Waals surface area contributed by atoms with Gasteiger partial charge in [-0.1, -0.05) is 65.8 Å². The van der Waals surface area contributed by atoms with Crippen molar-refractivity contribution in [2.45, 2.75) is 12.5 Å². The lowest BCUT2D eigenvalue weighted by Gasteiger charge is -2.13. The van der Waals surface area contributed by atoms with Gasteiger partial charge in [0.15, 0.2) is 6.10 Å². The second-order valence-corrected chi connectivity index (χ2v) is 7.00. The largest absolute Gasteiger partial charge is 0.387 e. The van der Waals surface area contributed by atoms with Gasteiger partial charge >= 0.3 is 0 Å². The average Bonchev–Trinajstić information content (AvgIpc) is 3.23. The number of aromatic nitrogens is 1. The van der Waals surface area contributed by atoms with Gasteiger partial charge in [0.1, 0.15) is 5.82 Å². The van der Waals surface area contributed by atoms with Crippen LogP contribution in [0.15, 0.2) is 88.8 Å². The Balaban J connectivity index is 1.65. The minimum Gasteiger partial charge on any atom is -0.387 e. The fourth-order valence-electron chi connectivity index (χ4n) is 3.80. The van der Waals surface area contributed by atoms with E-state index < -0.39 is 0 Å². The van der Waals surface area contributed by atoms with E-state index in [9.17, 15) is 9.18 Å². The number of nitrogens with zero attached hydrogens (tertiary/aromatic N) is 1. The van der Waals surface area contributed by atoms with Crippen molar-refractivity contribution in [1.82, 2.24) is 4.98 Å². The second-order valence-electron chi connectivity index (χ2n) is 7.00. The molecule has 142 valence electrons. The van der Waals surface area contributed by atoms with Crippen LogP contribution in [0.1, 0.15) is 23.7 Å². The Kier molecular flexibility index (Phi) is 4.21. The molecule has 1 aromatic heterocycles. The molecule has 0 amide bonds. The number of pyridine rings is 1. The van der Waals surface area contributed by atoms with Crippen LogP contribution in [-0.2, 0) is 4.84 Å². The molecule has 1 aliphatic rings. The summed E-state index contributed by atoms with van der Waals surface area (Å²) in [6, 6.07) is 23.7. The highest BCUT2D eigenvalue weighted by Crippen LogP contribution is 2.35. The van der Waals surface area contributed by atoms with E-state index >= 15 is 0 Å². The molecule has 0 fully saturated rings. The number of aromatic amines is 1. The van der Waals surface area contributed by atoms with Crippen LogP contribution in [0.4, 0.5) is 4.39 Å². The molecule has 0 aliphatic carbocycles. The first-order valence-electron chi connectivity index (χ1n) is 9.39. The van der Waals surface area contributed by atoms with Gasteiger partial charge in [-0.15, -0.1) is 0 Å². The van der Waals surface area contributed by atoms with Crippen molar-refractivity contribution in [3.63, 3.8) is 0 Å². The predicted octanol–water partition coefficient (Wildman–Crippen LogP) is 5.20. The van der Waals surface area contributed by atoms with Crippen molar-refractivity contribution in [2.24, 2.45) is 5.16 Å². The fraction of sp³-hybridized carbons (Fsp3) is 0.0833. The van der Waals surface area contributed by atoms with Gasteiger partial charge in [-0.05, 0) is 29.3 Å². The van der Waals surface area contributed by atoms with Gasteiger partial charge in [0.05, 0.1) is 11.3 Å². The summed E-state index contributed by atoms with van der Waals surface area (Å²) in [6.07, 6.45) is 0.0903. The van der Waals surface area contributed by atoms with Crippen LogP contribution in [0.5, 0.6) is 0 Å². The molecule has 1 aliphatic heterocycles. The first-order valence-corrected chi connectivity index (χ1v) is 9.39. The van der Waals surface area contributed by atoms with Crippen molar-refractivity contribution in [3.05, 3.63) is 106 Å². The Morgan fingerprint density at radius 3 is 2.41 bits per heavy atom. The van der Waals surface area contributed by atoms with E-state index in [1.807, 2.05) is 54.6 Å². The number of para-hydroxylation sites is 1. The third-order valence-electron chi connectivity index (χ3n) is 5.18. The van der Waals surface area contributed by atoms with E-state index in [1.165, 1.54) is 12.1 Å². The van der Waals surface area contributed by atoms with Crippen LogP contribution < -0.4 is 5.56 Å². The standard InChI is InChI=1S/C24H17FN2O2/c25-17-12-10-15(11-13-17)21-14-20(27-29-21)23-22(16-6-2-1-3-7-16)18-8-4-5-9-19(18)26-24(23)28/h1-13,21H,14H2,(H,26,28). The summed E-state index contributed by atoms with van der Waals surface area (Å²) in [5.41, 5.74) is 4.28. The number of hydrogen-bond donors (Lipinski definition) is 1. The zero-order chi connectivity index (χ0) is 19.8. The molecule has 5 heteroatoms.